The van der Waals surface area contributed by atoms with Gasteiger partial charge in [0.25, 0.3) is 0 Å². The third-order valence-corrected chi connectivity index (χ3v) is 8.60. The second kappa shape index (κ2) is 15.8. The van der Waals surface area contributed by atoms with E-state index in [1.54, 1.807) is 23.1 Å². The molecule has 2 amide bonds. The van der Waals surface area contributed by atoms with Gasteiger partial charge in [-0.1, -0.05) is 93.0 Å². The highest BCUT2D eigenvalue weighted by Gasteiger charge is 2.31. The van der Waals surface area contributed by atoms with Crippen LogP contribution in [-0.2, 0) is 39.0 Å². The molecule has 1 N–H and O–H groups in total. The molecule has 0 aliphatic rings. The van der Waals surface area contributed by atoms with Gasteiger partial charge in [-0.25, -0.2) is 8.42 Å². The van der Waals surface area contributed by atoms with Crippen molar-refractivity contribution in [2.75, 3.05) is 23.7 Å². The van der Waals surface area contributed by atoms with E-state index in [1.807, 2.05) is 81.4 Å². The molecule has 0 unspecified atom stereocenters. The van der Waals surface area contributed by atoms with Gasteiger partial charge in [-0.3, -0.25) is 13.9 Å². The molecule has 3 aromatic rings. The summed E-state index contributed by atoms with van der Waals surface area (Å²) in [5.74, 6) is -0.237. The van der Waals surface area contributed by atoms with Gasteiger partial charge in [0.05, 0.1) is 11.9 Å². The minimum atomic E-state index is -3.57. The Kier molecular flexibility index (Phi) is 12.4. The van der Waals surface area contributed by atoms with Crippen LogP contribution in [0.4, 0.5) is 5.69 Å². The molecule has 0 aliphatic carbocycles. The van der Waals surface area contributed by atoms with Crippen LogP contribution in [0.3, 0.4) is 0 Å². The van der Waals surface area contributed by atoms with Crippen LogP contribution in [0.1, 0.15) is 50.3 Å². The lowest BCUT2D eigenvalue weighted by Gasteiger charge is -2.32. The van der Waals surface area contributed by atoms with E-state index >= 15 is 0 Å². The van der Waals surface area contributed by atoms with E-state index in [0.29, 0.717) is 23.7 Å². The van der Waals surface area contributed by atoms with Crippen LogP contribution in [0, 0.1) is 5.92 Å². The Balaban J connectivity index is 1.88. The van der Waals surface area contributed by atoms with Gasteiger partial charge in [-0.2, -0.15) is 0 Å². The lowest BCUT2D eigenvalue weighted by Crippen LogP contribution is -2.51. The highest BCUT2D eigenvalue weighted by molar-refractivity contribution is 7.92. The molecule has 0 fully saturated rings. The van der Waals surface area contributed by atoms with Gasteiger partial charge >= 0.3 is 0 Å². The lowest BCUT2D eigenvalue weighted by molar-refractivity contribution is -0.141. The molecule has 42 heavy (non-hydrogen) atoms. The molecule has 9 heteroatoms. The Morgan fingerprint density at radius 3 is 2.14 bits per heavy atom. The summed E-state index contributed by atoms with van der Waals surface area (Å²) in [5.41, 5.74) is 3.33. The van der Waals surface area contributed by atoms with E-state index in [0.717, 1.165) is 23.1 Å². The van der Waals surface area contributed by atoms with Gasteiger partial charge in [-0.15, -0.1) is 0 Å². The quantitative estimate of drug-likeness (QED) is 0.233. The number of amides is 2. The van der Waals surface area contributed by atoms with Crippen LogP contribution >= 0.6 is 11.6 Å². The van der Waals surface area contributed by atoms with Gasteiger partial charge in [0.1, 0.15) is 6.04 Å². The molecule has 0 bridgehead atoms. The molecule has 3 rings (SSSR count). The number of nitrogens with zero attached hydrogens (tertiary/aromatic N) is 2. The number of rotatable bonds is 15. The van der Waals surface area contributed by atoms with Crippen molar-refractivity contribution in [1.82, 2.24) is 10.2 Å². The van der Waals surface area contributed by atoms with E-state index in [2.05, 4.69) is 5.32 Å². The summed E-state index contributed by atoms with van der Waals surface area (Å²) in [7, 11) is -3.57. The number of hydrogen-bond acceptors (Lipinski definition) is 4. The topological polar surface area (TPSA) is 86.8 Å². The predicted molar refractivity (Wildman–Crippen MR) is 171 cm³/mol. The average Bonchev–Trinajstić information content (AvgIpc) is 2.96. The minimum Gasteiger partial charge on any atom is -0.354 e. The molecule has 0 heterocycles. The zero-order valence-corrected chi connectivity index (χ0v) is 26.5. The van der Waals surface area contributed by atoms with Crippen molar-refractivity contribution >= 4 is 39.1 Å². The van der Waals surface area contributed by atoms with Crippen LogP contribution in [-0.4, -0.2) is 50.5 Å². The molecule has 0 saturated carbocycles. The van der Waals surface area contributed by atoms with Gasteiger partial charge in [-0.05, 0) is 53.6 Å². The zero-order chi connectivity index (χ0) is 30.7. The standard InChI is InChI=1S/C33H42ClN3O4S/c1-5-26-17-19-29(20-18-26)37(42(4,40)41)21-11-16-32(38)36(24-28-14-9-10-15-30(28)34)31(33(39)35-23-25(2)3)22-27-12-7-6-8-13-27/h6-10,12-15,17-20,25,31H,5,11,16,21-24H2,1-4H3,(H,35,39)/t31-/m0/s1. The second-order valence-electron chi connectivity index (χ2n) is 10.9. The van der Waals surface area contributed by atoms with E-state index < -0.39 is 16.1 Å². The summed E-state index contributed by atoms with van der Waals surface area (Å²) < 4.78 is 26.7. The number of anilines is 1. The summed E-state index contributed by atoms with van der Waals surface area (Å²) >= 11 is 6.49. The molecule has 7 nitrogen and oxygen atoms in total. The average molecular weight is 612 g/mol. The highest BCUT2D eigenvalue weighted by atomic mass is 35.5. The van der Waals surface area contributed by atoms with Crippen molar-refractivity contribution in [3.63, 3.8) is 0 Å². The first kappa shape index (κ1) is 33.1. The number of halogens is 1. The van der Waals surface area contributed by atoms with Crippen molar-refractivity contribution in [2.24, 2.45) is 5.92 Å². The molecule has 226 valence electrons. The Labute approximate surface area is 255 Å². The first-order valence-electron chi connectivity index (χ1n) is 14.4. The third kappa shape index (κ3) is 9.88. The maximum atomic E-state index is 13.9. The zero-order valence-electron chi connectivity index (χ0n) is 24.9. The minimum absolute atomic E-state index is 0.0618. The van der Waals surface area contributed by atoms with Crippen LogP contribution in [0.2, 0.25) is 5.02 Å². The van der Waals surface area contributed by atoms with Gasteiger partial charge in [0, 0.05) is 37.5 Å². The van der Waals surface area contributed by atoms with Crippen molar-refractivity contribution < 1.29 is 18.0 Å². The van der Waals surface area contributed by atoms with Crippen molar-refractivity contribution in [3.05, 3.63) is 101 Å². The van der Waals surface area contributed by atoms with Crippen LogP contribution < -0.4 is 9.62 Å². The molecule has 3 aromatic carbocycles. The number of benzene rings is 3. The number of carbonyl (C=O) groups excluding carboxylic acids is 2. The molecular weight excluding hydrogens is 570 g/mol. The molecule has 0 radical (unpaired) electrons. The van der Waals surface area contributed by atoms with Crippen LogP contribution in [0.15, 0.2) is 78.9 Å². The van der Waals surface area contributed by atoms with Gasteiger partial charge < -0.3 is 10.2 Å². The fourth-order valence-corrected chi connectivity index (χ4v) is 5.85. The van der Waals surface area contributed by atoms with Crippen molar-refractivity contribution in [1.29, 1.82) is 0 Å². The van der Waals surface area contributed by atoms with Crippen LogP contribution in [0.5, 0.6) is 0 Å². The first-order valence-corrected chi connectivity index (χ1v) is 16.6. The Morgan fingerprint density at radius 2 is 1.55 bits per heavy atom. The Morgan fingerprint density at radius 1 is 0.905 bits per heavy atom. The molecule has 0 aromatic heterocycles. The predicted octanol–water partition coefficient (Wildman–Crippen LogP) is 5.86. The smallest absolute Gasteiger partial charge is 0.243 e. The lowest BCUT2D eigenvalue weighted by atomic mass is 10.0. The third-order valence-electron chi connectivity index (χ3n) is 7.04. The number of nitrogens with one attached hydrogen (secondary N) is 1. The first-order chi connectivity index (χ1) is 20.0. The largest absolute Gasteiger partial charge is 0.354 e. The maximum absolute atomic E-state index is 13.9. The fraction of sp³-hybridized carbons (Fsp3) is 0.394. The molecule has 0 spiro atoms. The van der Waals surface area contributed by atoms with E-state index in [9.17, 15) is 18.0 Å². The van der Waals surface area contributed by atoms with Gasteiger partial charge in [0.15, 0.2) is 0 Å². The monoisotopic (exact) mass is 611 g/mol. The SMILES string of the molecule is CCc1ccc(N(CCCC(=O)N(Cc2ccccc2Cl)[C@@H](Cc2ccccc2)C(=O)NCC(C)C)S(C)(=O)=O)cc1. The normalized spacial score (nSPS) is 12.1. The highest BCUT2D eigenvalue weighted by Crippen LogP contribution is 2.23. The fourth-order valence-electron chi connectivity index (χ4n) is 4.69. The van der Waals surface area contributed by atoms with E-state index in [1.165, 1.54) is 10.6 Å². The second-order valence-corrected chi connectivity index (χ2v) is 13.2. The van der Waals surface area contributed by atoms with Crippen molar-refractivity contribution in [2.45, 2.75) is 59.0 Å². The number of sulfonamides is 1. The van der Waals surface area contributed by atoms with Gasteiger partial charge in [0.2, 0.25) is 21.8 Å². The van der Waals surface area contributed by atoms with E-state index in [-0.39, 0.29) is 43.7 Å². The molecule has 0 aliphatic heterocycles. The summed E-state index contributed by atoms with van der Waals surface area (Å²) in [6.07, 6.45) is 2.70. The molecular formula is C33H42ClN3O4S. The summed E-state index contributed by atoms with van der Waals surface area (Å²) in [6, 6.07) is 23.5. The summed E-state index contributed by atoms with van der Waals surface area (Å²) in [6.45, 7) is 6.85. The number of hydrogen-bond donors (Lipinski definition) is 1. The number of carbonyl (C=O) groups is 2. The molecule has 1 atom stereocenters. The maximum Gasteiger partial charge on any atom is 0.243 e. The summed E-state index contributed by atoms with van der Waals surface area (Å²) in [5, 5.41) is 3.52. The van der Waals surface area contributed by atoms with Crippen molar-refractivity contribution in [3.8, 4) is 0 Å². The van der Waals surface area contributed by atoms with Crippen LogP contribution in [0.25, 0.3) is 0 Å². The van der Waals surface area contributed by atoms with E-state index in [4.69, 9.17) is 11.6 Å². The summed E-state index contributed by atoms with van der Waals surface area (Å²) in [4.78, 5) is 29.1. The molecule has 0 saturated heterocycles. The number of aryl methyl sites for hydroxylation is 1. The Bertz CT molecular complexity index is 1410. The Hall–Kier alpha value is -3.36.